The summed E-state index contributed by atoms with van der Waals surface area (Å²) >= 11 is 5.87. The molecule has 0 bridgehead atoms. The molecule has 0 aliphatic carbocycles. The number of carbonyl (C=O) groups is 1. The van der Waals surface area contributed by atoms with Gasteiger partial charge in [0.15, 0.2) is 0 Å². The van der Waals surface area contributed by atoms with E-state index in [1.807, 2.05) is 24.3 Å². The van der Waals surface area contributed by atoms with Gasteiger partial charge in [0.25, 0.3) is 0 Å². The molecule has 0 spiro atoms. The van der Waals surface area contributed by atoms with Crippen molar-refractivity contribution in [3.63, 3.8) is 0 Å². The Morgan fingerprint density at radius 2 is 1.91 bits per heavy atom. The Bertz CT molecular complexity index is 500. The molecule has 2 saturated heterocycles. The molecule has 1 aromatic carbocycles. The number of nitrogens with zero attached hydrogens (tertiary/aromatic N) is 1. The average molecular weight is 321 g/mol. The highest BCUT2D eigenvalue weighted by molar-refractivity contribution is 6.30. The molecule has 1 N–H and O–H groups in total. The van der Waals surface area contributed by atoms with Crippen LogP contribution in [0.25, 0.3) is 0 Å². The summed E-state index contributed by atoms with van der Waals surface area (Å²) in [6, 6.07) is 8.21. The van der Waals surface area contributed by atoms with Crippen LogP contribution in [0.5, 0.6) is 0 Å². The maximum absolute atomic E-state index is 12.1. The summed E-state index contributed by atoms with van der Waals surface area (Å²) < 4.78 is 0. The Labute approximate surface area is 138 Å². The fourth-order valence-electron chi connectivity index (χ4n) is 3.91. The van der Waals surface area contributed by atoms with Crippen molar-refractivity contribution in [2.75, 3.05) is 19.6 Å². The summed E-state index contributed by atoms with van der Waals surface area (Å²) in [5, 5.41) is 3.86. The van der Waals surface area contributed by atoms with Crippen LogP contribution in [0.2, 0.25) is 5.02 Å². The maximum atomic E-state index is 12.1. The number of nitrogens with one attached hydrogen (secondary N) is 1. The van der Waals surface area contributed by atoms with E-state index < -0.39 is 0 Å². The second-order valence-corrected chi connectivity index (χ2v) is 7.05. The molecule has 2 heterocycles. The lowest BCUT2D eigenvalue weighted by molar-refractivity contribution is -0.120. The Hall–Kier alpha value is -1.06. The van der Waals surface area contributed by atoms with E-state index in [1.165, 1.54) is 45.2 Å². The zero-order valence-corrected chi connectivity index (χ0v) is 13.8. The Balaban J connectivity index is 1.48. The zero-order chi connectivity index (χ0) is 15.4. The minimum Gasteiger partial charge on any atom is -0.355 e. The Kier molecular flexibility index (Phi) is 5.37. The summed E-state index contributed by atoms with van der Waals surface area (Å²) in [5.41, 5.74) is 1.02. The van der Waals surface area contributed by atoms with Crippen molar-refractivity contribution in [1.82, 2.24) is 10.2 Å². The first kappa shape index (κ1) is 15.8. The molecule has 2 unspecified atom stereocenters. The van der Waals surface area contributed by atoms with E-state index in [9.17, 15) is 4.79 Å². The molecule has 2 fully saturated rings. The van der Waals surface area contributed by atoms with Crippen LogP contribution in [0.15, 0.2) is 24.3 Å². The van der Waals surface area contributed by atoms with Gasteiger partial charge in [-0.1, -0.05) is 30.2 Å². The number of halogens is 1. The fourth-order valence-corrected chi connectivity index (χ4v) is 4.04. The Morgan fingerprint density at radius 1 is 1.14 bits per heavy atom. The molecule has 0 radical (unpaired) electrons. The van der Waals surface area contributed by atoms with Crippen molar-refractivity contribution in [1.29, 1.82) is 0 Å². The van der Waals surface area contributed by atoms with Crippen LogP contribution in [0.4, 0.5) is 0 Å². The highest BCUT2D eigenvalue weighted by Gasteiger charge is 2.32. The van der Waals surface area contributed by atoms with Crippen LogP contribution < -0.4 is 5.32 Å². The molecule has 2 atom stereocenters. The van der Waals surface area contributed by atoms with Crippen molar-refractivity contribution in [2.45, 2.75) is 44.6 Å². The Morgan fingerprint density at radius 3 is 2.73 bits per heavy atom. The molecule has 3 nitrogen and oxygen atoms in total. The minimum atomic E-state index is 0.121. The van der Waals surface area contributed by atoms with E-state index in [-0.39, 0.29) is 5.91 Å². The molecule has 120 valence electrons. The molecule has 0 saturated carbocycles. The van der Waals surface area contributed by atoms with Crippen LogP contribution in [-0.4, -0.2) is 36.5 Å². The standard InChI is InChI=1S/C18H25ClN2O/c19-16-8-6-14(7-9-16)12-18(22)20-13-15-4-3-11-21-10-2-1-5-17(15)21/h6-9,15,17H,1-5,10-13H2,(H,20,22). The van der Waals surface area contributed by atoms with Gasteiger partial charge < -0.3 is 10.2 Å². The van der Waals surface area contributed by atoms with E-state index >= 15 is 0 Å². The normalized spacial score (nSPS) is 25.5. The summed E-state index contributed by atoms with van der Waals surface area (Å²) in [6.07, 6.45) is 6.95. The molecule has 1 amide bonds. The molecule has 0 aromatic heterocycles. The van der Waals surface area contributed by atoms with Gasteiger partial charge in [-0.15, -0.1) is 0 Å². The molecule has 2 aliphatic heterocycles. The summed E-state index contributed by atoms with van der Waals surface area (Å²) in [5.74, 6) is 0.749. The fraction of sp³-hybridized carbons (Fsp3) is 0.611. The first-order valence-corrected chi connectivity index (χ1v) is 8.85. The number of fused-ring (bicyclic) bond motifs is 1. The van der Waals surface area contributed by atoms with Crippen LogP contribution in [0.3, 0.4) is 0 Å². The van der Waals surface area contributed by atoms with Crippen molar-refractivity contribution < 1.29 is 4.79 Å². The molecule has 2 aliphatic rings. The second-order valence-electron chi connectivity index (χ2n) is 6.61. The zero-order valence-electron chi connectivity index (χ0n) is 13.1. The number of amides is 1. The van der Waals surface area contributed by atoms with Gasteiger partial charge in [0, 0.05) is 17.6 Å². The lowest BCUT2D eigenvalue weighted by Gasteiger charge is -2.44. The van der Waals surface area contributed by atoms with Gasteiger partial charge in [0.2, 0.25) is 5.91 Å². The lowest BCUT2D eigenvalue weighted by atomic mass is 9.83. The van der Waals surface area contributed by atoms with Crippen LogP contribution in [-0.2, 0) is 11.2 Å². The molecule has 22 heavy (non-hydrogen) atoms. The smallest absolute Gasteiger partial charge is 0.224 e. The van der Waals surface area contributed by atoms with Crippen molar-refractivity contribution in [3.05, 3.63) is 34.9 Å². The summed E-state index contributed by atoms with van der Waals surface area (Å²) in [6.45, 7) is 3.33. The third-order valence-electron chi connectivity index (χ3n) is 5.07. The first-order chi connectivity index (χ1) is 10.7. The molecular weight excluding hydrogens is 296 g/mol. The monoisotopic (exact) mass is 320 g/mol. The average Bonchev–Trinajstić information content (AvgIpc) is 2.55. The quantitative estimate of drug-likeness (QED) is 0.923. The number of hydrogen-bond donors (Lipinski definition) is 1. The third-order valence-corrected chi connectivity index (χ3v) is 5.32. The SMILES string of the molecule is O=C(Cc1ccc(Cl)cc1)NCC1CCCN2CCCCC12. The first-order valence-electron chi connectivity index (χ1n) is 8.47. The molecular formula is C18H25ClN2O. The molecule has 3 rings (SSSR count). The summed E-state index contributed by atoms with van der Waals surface area (Å²) in [7, 11) is 0. The van der Waals surface area contributed by atoms with E-state index in [4.69, 9.17) is 11.6 Å². The molecule has 4 heteroatoms. The number of piperidine rings is 2. The largest absolute Gasteiger partial charge is 0.355 e. The number of benzene rings is 1. The van der Waals surface area contributed by atoms with Gasteiger partial charge in [-0.05, 0) is 62.4 Å². The number of carbonyl (C=O) groups excluding carboxylic acids is 1. The second kappa shape index (κ2) is 7.47. The van der Waals surface area contributed by atoms with Gasteiger partial charge in [0.05, 0.1) is 6.42 Å². The van der Waals surface area contributed by atoms with Crippen LogP contribution in [0.1, 0.15) is 37.7 Å². The highest BCUT2D eigenvalue weighted by atomic mass is 35.5. The van der Waals surface area contributed by atoms with Crippen LogP contribution >= 0.6 is 11.6 Å². The van der Waals surface area contributed by atoms with Gasteiger partial charge in [0.1, 0.15) is 0 Å². The van der Waals surface area contributed by atoms with E-state index in [2.05, 4.69) is 10.2 Å². The van der Waals surface area contributed by atoms with Crippen molar-refractivity contribution in [2.24, 2.45) is 5.92 Å². The predicted molar refractivity (Wildman–Crippen MR) is 90.1 cm³/mol. The lowest BCUT2D eigenvalue weighted by Crippen LogP contribution is -2.51. The van der Waals surface area contributed by atoms with E-state index in [0.29, 0.717) is 23.4 Å². The van der Waals surface area contributed by atoms with Gasteiger partial charge in [-0.2, -0.15) is 0 Å². The highest BCUT2D eigenvalue weighted by Crippen LogP contribution is 2.30. The molecule has 1 aromatic rings. The maximum Gasteiger partial charge on any atom is 0.224 e. The number of rotatable bonds is 4. The van der Waals surface area contributed by atoms with Gasteiger partial charge in [-0.3, -0.25) is 4.79 Å². The van der Waals surface area contributed by atoms with E-state index in [0.717, 1.165) is 12.1 Å². The van der Waals surface area contributed by atoms with Gasteiger partial charge in [-0.25, -0.2) is 0 Å². The minimum absolute atomic E-state index is 0.121. The predicted octanol–water partition coefficient (Wildman–Crippen LogP) is 3.26. The topological polar surface area (TPSA) is 32.3 Å². The van der Waals surface area contributed by atoms with Gasteiger partial charge >= 0.3 is 0 Å². The summed E-state index contributed by atoms with van der Waals surface area (Å²) in [4.78, 5) is 14.8. The number of hydrogen-bond acceptors (Lipinski definition) is 2. The van der Waals surface area contributed by atoms with Crippen molar-refractivity contribution >= 4 is 17.5 Å². The third kappa shape index (κ3) is 4.02. The van der Waals surface area contributed by atoms with Crippen molar-refractivity contribution in [3.8, 4) is 0 Å². The van der Waals surface area contributed by atoms with Crippen LogP contribution in [0, 0.1) is 5.92 Å². The van der Waals surface area contributed by atoms with E-state index in [1.54, 1.807) is 0 Å².